The van der Waals surface area contributed by atoms with E-state index in [1.165, 1.54) is 6.42 Å². The van der Waals surface area contributed by atoms with Crippen LogP contribution in [0.5, 0.6) is 0 Å². The fourth-order valence-electron chi connectivity index (χ4n) is 9.53. The zero-order valence-corrected chi connectivity index (χ0v) is 23.8. The predicted octanol–water partition coefficient (Wildman–Crippen LogP) is 4.70. The SMILES string of the molecule is CC(C)C(=O)OCC(=O)[C@@]12OC(C3CCCCC3)O[C@H]1C[C@@H]1[C@@H]3CC=C4CC(=O)C=C[C@]4(C)[C@@H]3[C@@H](O)C[C@@]12C. The molecule has 1 N–H and O–H groups in total. The fraction of sp³-hybridized carbons (Fsp3) is 0.781. The van der Waals surface area contributed by atoms with Crippen molar-refractivity contribution in [3.05, 3.63) is 23.8 Å². The molecule has 0 aromatic rings. The Morgan fingerprint density at radius 2 is 1.92 bits per heavy atom. The molecule has 4 fully saturated rings. The highest BCUT2D eigenvalue weighted by molar-refractivity contribution is 5.94. The van der Waals surface area contributed by atoms with Gasteiger partial charge in [-0.25, -0.2) is 0 Å². The molecule has 0 amide bonds. The standard InChI is InChI=1S/C32H44O7/c1-18(2)28(36)37-17-25(35)32-26(38-29(39-32)19-8-6-5-7-9-19)15-23-22-11-10-20-14-21(33)12-13-30(20,3)27(22)24(34)16-31(23,32)4/h10,12-13,18-19,22-24,26-27,29,34H,5-9,11,14-17H2,1-4H3/t22-,23+,24-,26-,27-,29?,30-,31-,32+/m0/s1. The highest BCUT2D eigenvalue weighted by Gasteiger charge is 2.76. The number of hydrogen-bond acceptors (Lipinski definition) is 7. The average molecular weight is 541 g/mol. The van der Waals surface area contributed by atoms with Crippen LogP contribution in [0.4, 0.5) is 0 Å². The molecule has 0 radical (unpaired) electrons. The van der Waals surface area contributed by atoms with Crippen molar-refractivity contribution in [3.63, 3.8) is 0 Å². The zero-order valence-electron chi connectivity index (χ0n) is 23.8. The second kappa shape index (κ2) is 9.63. The minimum absolute atomic E-state index is 0.0428. The summed E-state index contributed by atoms with van der Waals surface area (Å²) in [6.45, 7) is 7.43. The van der Waals surface area contributed by atoms with Gasteiger partial charge in [-0.3, -0.25) is 14.4 Å². The lowest BCUT2D eigenvalue weighted by Gasteiger charge is -2.59. The van der Waals surface area contributed by atoms with Crippen molar-refractivity contribution in [2.24, 2.45) is 40.4 Å². The van der Waals surface area contributed by atoms with Crippen molar-refractivity contribution in [2.75, 3.05) is 6.61 Å². The first-order valence-corrected chi connectivity index (χ1v) is 15.1. The Balaban J connectivity index is 1.36. The summed E-state index contributed by atoms with van der Waals surface area (Å²) < 4.78 is 19.0. The van der Waals surface area contributed by atoms with Crippen LogP contribution in [-0.4, -0.2) is 53.3 Å². The minimum atomic E-state index is -1.26. The number of ketones is 2. The number of ether oxygens (including phenoxy) is 3. The molecule has 39 heavy (non-hydrogen) atoms. The molecule has 1 saturated heterocycles. The number of rotatable bonds is 5. The van der Waals surface area contributed by atoms with Gasteiger partial charge in [0.15, 0.2) is 24.3 Å². The van der Waals surface area contributed by atoms with Crippen LogP contribution >= 0.6 is 0 Å². The molecule has 0 aromatic heterocycles. The third-order valence-electron chi connectivity index (χ3n) is 11.5. The van der Waals surface area contributed by atoms with Gasteiger partial charge in [-0.05, 0) is 50.0 Å². The van der Waals surface area contributed by atoms with Crippen LogP contribution in [0.15, 0.2) is 23.8 Å². The second-order valence-corrected chi connectivity index (χ2v) is 13.9. The maximum atomic E-state index is 14.2. The van der Waals surface area contributed by atoms with Gasteiger partial charge in [0, 0.05) is 29.1 Å². The molecule has 5 aliphatic carbocycles. The van der Waals surface area contributed by atoms with Crippen LogP contribution in [-0.2, 0) is 28.6 Å². The first-order valence-electron chi connectivity index (χ1n) is 15.1. The summed E-state index contributed by atoms with van der Waals surface area (Å²) in [5.41, 5.74) is -1.20. The Kier molecular flexibility index (Phi) is 6.75. The van der Waals surface area contributed by atoms with Crippen LogP contribution in [0.25, 0.3) is 0 Å². The van der Waals surface area contributed by atoms with E-state index in [1.807, 2.05) is 6.08 Å². The molecule has 0 aromatic carbocycles. The third kappa shape index (κ3) is 3.97. The van der Waals surface area contributed by atoms with Gasteiger partial charge < -0.3 is 19.3 Å². The number of aliphatic hydroxyl groups excluding tert-OH is 1. The predicted molar refractivity (Wildman–Crippen MR) is 143 cm³/mol. The zero-order chi connectivity index (χ0) is 27.7. The van der Waals surface area contributed by atoms with Crippen LogP contribution in [0.3, 0.4) is 0 Å². The molecule has 3 saturated carbocycles. The summed E-state index contributed by atoms with van der Waals surface area (Å²) in [6.07, 6.45) is 12.1. The van der Waals surface area contributed by atoms with Crippen molar-refractivity contribution in [2.45, 2.75) is 110 Å². The Morgan fingerprint density at radius 1 is 1.18 bits per heavy atom. The van der Waals surface area contributed by atoms with E-state index >= 15 is 0 Å². The van der Waals surface area contributed by atoms with Crippen LogP contribution in [0.1, 0.15) is 85.5 Å². The molecule has 1 heterocycles. The lowest BCUT2D eigenvalue weighted by Crippen LogP contribution is -2.63. The van der Waals surface area contributed by atoms with Crippen molar-refractivity contribution in [3.8, 4) is 0 Å². The molecule has 6 aliphatic rings. The van der Waals surface area contributed by atoms with Crippen LogP contribution in [0.2, 0.25) is 0 Å². The first-order chi connectivity index (χ1) is 18.5. The van der Waals surface area contributed by atoms with Gasteiger partial charge in [0.2, 0.25) is 5.78 Å². The van der Waals surface area contributed by atoms with E-state index in [2.05, 4.69) is 19.9 Å². The molecule has 1 aliphatic heterocycles. The number of fused-ring (bicyclic) bond motifs is 7. The third-order valence-corrected chi connectivity index (χ3v) is 11.5. The number of hydrogen-bond donors (Lipinski definition) is 1. The van der Waals surface area contributed by atoms with Crippen LogP contribution in [0, 0.1) is 40.4 Å². The normalized spacial score (nSPS) is 45.3. The highest BCUT2D eigenvalue weighted by Crippen LogP contribution is 2.69. The topological polar surface area (TPSA) is 99.1 Å². The van der Waals surface area contributed by atoms with E-state index in [-0.39, 0.29) is 53.2 Å². The fourth-order valence-corrected chi connectivity index (χ4v) is 9.53. The van der Waals surface area contributed by atoms with Gasteiger partial charge in [0.05, 0.1) is 18.1 Å². The van der Waals surface area contributed by atoms with Gasteiger partial charge in [0.25, 0.3) is 0 Å². The Morgan fingerprint density at radius 3 is 2.64 bits per heavy atom. The summed E-state index contributed by atoms with van der Waals surface area (Å²) in [7, 11) is 0. The van der Waals surface area contributed by atoms with Crippen molar-refractivity contribution < 1.29 is 33.7 Å². The summed E-state index contributed by atoms with van der Waals surface area (Å²) >= 11 is 0. The van der Waals surface area contributed by atoms with Crippen molar-refractivity contribution in [1.29, 1.82) is 0 Å². The van der Waals surface area contributed by atoms with Crippen molar-refractivity contribution >= 4 is 17.5 Å². The summed E-state index contributed by atoms with van der Waals surface area (Å²) in [5, 5.41) is 11.9. The first kappa shape index (κ1) is 27.3. The number of carbonyl (C=O) groups is 3. The van der Waals surface area contributed by atoms with Gasteiger partial charge in [0.1, 0.15) is 0 Å². The molecular weight excluding hydrogens is 496 g/mol. The monoisotopic (exact) mass is 540 g/mol. The Hall–Kier alpha value is -1.83. The van der Waals surface area contributed by atoms with E-state index in [9.17, 15) is 19.5 Å². The Bertz CT molecular complexity index is 1100. The highest BCUT2D eigenvalue weighted by atomic mass is 16.7. The van der Waals surface area contributed by atoms with Gasteiger partial charge >= 0.3 is 5.97 Å². The van der Waals surface area contributed by atoms with Gasteiger partial charge in [-0.15, -0.1) is 0 Å². The Labute approximate surface area is 231 Å². The summed E-state index contributed by atoms with van der Waals surface area (Å²) in [4.78, 5) is 38.8. The lowest BCUT2D eigenvalue weighted by molar-refractivity contribution is -0.208. The second-order valence-electron chi connectivity index (χ2n) is 13.9. The molecule has 7 nitrogen and oxygen atoms in total. The van der Waals surface area contributed by atoms with Crippen LogP contribution < -0.4 is 0 Å². The molecule has 9 atom stereocenters. The molecular formula is C32H44O7. The number of aliphatic hydroxyl groups is 1. The number of allylic oxidation sites excluding steroid dienone is 4. The van der Waals surface area contributed by atoms with E-state index < -0.39 is 35.5 Å². The molecule has 0 spiro atoms. The van der Waals surface area contributed by atoms with E-state index in [1.54, 1.807) is 19.9 Å². The largest absolute Gasteiger partial charge is 0.457 e. The summed E-state index contributed by atoms with van der Waals surface area (Å²) in [6, 6.07) is 0. The van der Waals surface area contributed by atoms with E-state index in [4.69, 9.17) is 14.2 Å². The average Bonchev–Trinajstić information content (AvgIpc) is 3.41. The van der Waals surface area contributed by atoms with E-state index in [0.29, 0.717) is 19.3 Å². The molecule has 0 bridgehead atoms. The maximum Gasteiger partial charge on any atom is 0.308 e. The van der Waals surface area contributed by atoms with Crippen molar-refractivity contribution in [1.82, 2.24) is 0 Å². The number of Topliss-reactive ketones (excluding diaryl/α,β-unsaturated/α-hetero) is 1. The van der Waals surface area contributed by atoms with Gasteiger partial charge in [-0.2, -0.15) is 0 Å². The van der Waals surface area contributed by atoms with Gasteiger partial charge in [-0.1, -0.05) is 64.7 Å². The molecule has 214 valence electrons. The summed E-state index contributed by atoms with van der Waals surface area (Å²) in [5.74, 6) is -0.439. The lowest BCUT2D eigenvalue weighted by atomic mass is 9.47. The molecule has 6 rings (SSSR count). The number of carbonyl (C=O) groups excluding carboxylic acids is 3. The maximum absolute atomic E-state index is 14.2. The molecule has 7 heteroatoms. The smallest absolute Gasteiger partial charge is 0.308 e. The van der Waals surface area contributed by atoms with E-state index in [0.717, 1.165) is 37.7 Å². The number of esters is 1. The molecule has 1 unspecified atom stereocenters. The minimum Gasteiger partial charge on any atom is -0.457 e. The quantitative estimate of drug-likeness (QED) is 0.398.